The molecule has 5 nitrogen and oxygen atoms in total. The molecule has 0 fully saturated rings. The molecule has 0 saturated carbocycles. The summed E-state index contributed by atoms with van der Waals surface area (Å²) in [6, 6.07) is 40.3. The van der Waals surface area contributed by atoms with Crippen LogP contribution in [0.1, 0.15) is 117 Å². The lowest BCUT2D eigenvalue weighted by Crippen LogP contribution is -2.27. The second-order valence-electron chi connectivity index (χ2n) is 17.8. The summed E-state index contributed by atoms with van der Waals surface area (Å²) in [5, 5.41) is 2.44. The van der Waals surface area contributed by atoms with Gasteiger partial charge in [-0.15, -0.1) is 0 Å². The highest BCUT2D eigenvalue weighted by atomic mass is 16.5. The maximum atomic E-state index is 7.05. The standard InChI is InChI=1S/C50H48N4O/c1-29(2)33-22-34(47-52-44(31-15-10-9-11-16-31)46-37-18-13-12-17-32(37)28-53(46)47)24-36(23-33)55-43-27-42-40(21-30(43)3)50(7,8)41-26-35(49(4,5)6)25-39-38-19-14-20-51-48(38)54(42)45(39)41/h9-27,29,44,46H,28H2,1-8H3/t44-,46+/m1/s1. The van der Waals surface area contributed by atoms with Crippen LogP contribution in [0.25, 0.3) is 27.6 Å². The van der Waals surface area contributed by atoms with E-state index in [1.165, 1.54) is 55.2 Å². The van der Waals surface area contributed by atoms with E-state index in [9.17, 15) is 0 Å². The summed E-state index contributed by atoms with van der Waals surface area (Å²) >= 11 is 0. The van der Waals surface area contributed by atoms with Gasteiger partial charge in [0.2, 0.25) is 0 Å². The Morgan fingerprint density at radius 3 is 2.38 bits per heavy atom. The predicted octanol–water partition coefficient (Wildman–Crippen LogP) is 12.4. The number of rotatable bonds is 5. The maximum Gasteiger partial charge on any atom is 0.145 e. The van der Waals surface area contributed by atoms with Crippen molar-refractivity contribution in [1.29, 1.82) is 0 Å². The van der Waals surface area contributed by atoms with E-state index in [-0.39, 0.29) is 22.9 Å². The van der Waals surface area contributed by atoms with Crippen molar-refractivity contribution in [2.45, 2.75) is 90.8 Å². The summed E-state index contributed by atoms with van der Waals surface area (Å²) in [5.74, 6) is 3.02. The summed E-state index contributed by atoms with van der Waals surface area (Å²) in [7, 11) is 0. The van der Waals surface area contributed by atoms with Crippen molar-refractivity contribution in [2.24, 2.45) is 4.99 Å². The molecule has 0 unspecified atom stereocenters. The highest BCUT2D eigenvalue weighted by molar-refractivity contribution is 6.10. The van der Waals surface area contributed by atoms with E-state index in [0.29, 0.717) is 5.92 Å². The van der Waals surface area contributed by atoms with Gasteiger partial charge in [-0.25, -0.2) is 4.98 Å². The molecule has 0 bridgehead atoms. The largest absolute Gasteiger partial charge is 0.457 e. The molecule has 0 N–H and O–H groups in total. The average Bonchev–Trinajstić information content (AvgIpc) is 3.84. The van der Waals surface area contributed by atoms with E-state index in [0.717, 1.165) is 46.3 Å². The van der Waals surface area contributed by atoms with Crippen molar-refractivity contribution < 1.29 is 4.74 Å². The summed E-state index contributed by atoms with van der Waals surface area (Å²) in [6.07, 6.45) is 1.91. The van der Waals surface area contributed by atoms with Crippen molar-refractivity contribution in [2.75, 3.05) is 0 Å². The van der Waals surface area contributed by atoms with Crippen LogP contribution >= 0.6 is 0 Å². The third kappa shape index (κ3) is 5.12. The number of nitrogens with zero attached hydrogens (tertiary/aromatic N) is 4. The number of aliphatic imine (C=N–C) groups is 1. The Bertz CT molecular complexity index is 2730. The molecule has 0 aliphatic carbocycles. The van der Waals surface area contributed by atoms with E-state index < -0.39 is 0 Å². The zero-order chi connectivity index (χ0) is 38.0. The summed E-state index contributed by atoms with van der Waals surface area (Å²) in [5.41, 5.74) is 14.5. The molecule has 2 atom stereocenters. The zero-order valence-electron chi connectivity index (χ0n) is 33.1. The fraction of sp³-hybridized carbons (Fsp3) is 0.280. The van der Waals surface area contributed by atoms with E-state index in [1.54, 1.807) is 0 Å². The molecular formula is C50H48N4O. The van der Waals surface area contributed by atoms with Gasteiger partial charge in [0, 0.05) is 40.6 Å². The molecular weight excluding hydrogens is 673 g/mol. The Morgan fingerprint density at radius 2 is 1.60 bits per heavy atom. The van der Waals surface area contributed by atoms with Gasteiger partial charge >= 0.3 is 0 Å². The van der Waals surface area contributed by atoms with Crippen molar-refractivity contribution in [1.82, 2.24) is 14.5 Å². The monoisotopic (exact) mass is 720 g/mol. The minimum atomic E-state index is -0.229. The molecule has 0 amide bonds. The Balaban J connectivity index is 1.11. The summed E-state index contributed by atoms with van der Waals surface area (Å²) in [4.78, 5) is 13.0. The number of hydrogen-bond acceptors (Lipinski definition) is 4. The van der Waals surface area contributed by atoms with Gasteiger partial charge in [0.1, 0.15) is 29.0 Å². The van der Waals surface area contributed by atoms with Crippen molar-refractivity contribution in [3.8, 4) is 17.2 Å². The lowest BCUT2D eigenvalue weighted by Gasteiger charge is -2.36. The molecule has 0 spiro atoms. The summed E-state index contributed by atoms with van der Waals surface area (Å²) < 4.78 is 9.43. The molecule has 0 saturated heterocycles. The van der Waals surface area contributed by atoms with Crippen LogP contribution in [-0.2, 0) is 17.4 Å². The van der Waals surface area contributed by atoms with Gasteiger partial charge in [-0.2, -0.15) is 0 Å². The minimum Gasteiger partial charge on any atom is -0.457 e. The number of fused-ring (bicyclic) bond motifs is 8. The first-order chi connectivity index (χ1) is 26.4. The fourth-order valence-corrected chi connectivity index (χ4v) is 9.39. The van der Waals surface area contributed by atoms with Crippen molar-refractivity contribution in [3.05, 3.63) is 165 Å². The van der Waals surface area contributed by atoms with Gasteiger partial charge in [-0.1, -0.05) is 109 Å². The van der Waals surface area contributed by atoms with Gasteiger partial charge in [0.25, 0.3) is 0 Å². The van der Waals surface area contributed by atoms with Crippen LogP contribution < -0.4 is 4.74 Å². The van der Waals surface area contributed by atoms with Crippen molar-refractivity contribution >= 4 is 27.8 Å². The first-order valence-corrected chi connectivity index (χ1v) is 19.8. The highest BCUT2D eigenvalue weighted by Gasteiger charge is 2.44. The van der Waals surface area contributed by atoms with Crippen LogP contribution in [0.15, 0.2) is 120 Å². The van der Waals surface area contributed by atoms with E-state index in [1.807, 2.05) is 6.20 Å². The van der Waals surface area contributed by atoms with E-state index >= 15 is 0 Å². The first-order valence-electron chi connectivity index (χ1n) is 19.8. The summed E-state index contributed by atoms with van der Waals surface area (Å²) in [6.45, 7) is 19.2. The van der Waals surface area contributed by atoms with Crippen LogP contribution in [-0.4, -0.2) is 20.3 Å². The van der Waals surface area contributed by atoms with Crippen LogP contribution in [0, 0.1) is 6.92 Å². The third-order valence-electron chi connectivity index (χ3n) is 12.5. The number of aryl methyl sites for hydroxylation is 1. The molecule has 5 heteroatoms. The molecule has 2 aromatic heterocycles. The second-order valence-corrected chi connectivity index (χ2v) is 17.8. The number of aromatic nitrogens is 2. The number of amidine groups is 1. The lowest BCUT2D eigenvalue weighted by atomic mass is 9.72. The number of pyridine rings is 1. The molecule has 5 heterocycles. The van der Waals surface area contributed by atoms with E-state index in [4.69, 9.17) is 14.7 Å². The minimum absolute atomic E-state index is 0.0147. The Kier molecular flexibility index (Phi) is 7.33. The Hall–Kier alpha value is -5.68. The molecule has 7 aromatic rings. The molecule has 274 valence electrons. The van der Waals surface area contributed by atoms with Gasteiger partial charge in [0.05, 0.1) is 17.2 Å². The Morgan fingerprint density at radius 1 is 0.818 bits per heavy atom. The van der Waals surface area contributed by atoms with Crippen LogP contribution in [0.3, 0.4) is 0 Å². The van der Waals surface area contributed by atoms with Gasteiger partial charge in [-0.05, 0) is 105 Å². The molecule has 5 aromatic carbocycles. The van der Waals surface area contributed by atoms with Crippen LogP contribution in [0.4, 0.5) is 0 Å². The Labute approximate surface area is 324 Å². The fourth-order valence-electron chi connectivity index (χ4n) is 9.39. The molecule has 10 rings (SSSR count). The number of hydrogen-bond donors (Lipinski definition) is 0. The van der Waals surface area contributed by atoms with Gasteiger partial charge < -0.3 is 9.64 Å². The number of ether oxygens (including phenoxy) is 1. The van der Waals surface area contributed by atoms with Crippen molar-refractivity contribution in [3.63, 3.8) is 0 Å². The predicted molar refractivity (Wildman–Crippen MR) is 225 cm³/mol. The van der Waals surface area contributed by atoms with Crippen LogP contribution in [0.2, 0.25) is 0 Å². The highest BCUT2D eigenvalue weighted by Crippen LogP contribution is 2.52. The van der Waals surface area contributed by atoms with E-state index in [2.05, 4.69) is 174 Å². The quantitative estimate of drug-likeness (QED) is 0.178. The normalized spacial score (nSPS) is 18.1. The molecule has 3 aliphatic heterocycles. The maximum absolute atomic E-state index is 7.05. The molecule has 55 heavy (non-hydrogen) atoms. The third-order valence-corrected chi connectivity index (χ3v) is 12.5. The van der Waals surface area contributed by atoms with Gasteiger partial charge in [0.15, 0.2) is 0 Å². The molecule has 0 radical (unpaired) electrons. The SMILES string of the molecule is Cc1cc2c(cc1Oc1cc(C3=N[C@H](c4ccccc4)[C@@H]4c5ccccc5CN34)cc(C(C)C)c1)-n1c3ncccc3c3cc(C(C)(C)C)cc(c31)C2(C)C. The average molecular weight is 721 g/mol. The van der Waals surface area contributed by atoms with Crippen LogP contribution in [0.5, 0.6) is 11.5 Å². The second kappa shape index (κ2) is 11.9. The smallest absolute Gasteiger partial charge is 0.145 e. The zero-order valence-corrected chi connectivity index (χ0v) is 33.1. The molecule has 3 aliphatic rings. The number of benzene rings is 5. The van der Waals surface area contributed by atoms with Gasteiger partial charge in [-0.3, -0.25) is 9.56 Å². The topological polar surface area (TPSA) is 42.6 Å². The first kappa shape index (κ1) is 33.9. The lowest BCUT2D eigenvalue weighted by molar-refractivity contribution is 0.341.